The molecule has 1 atom stereocenters. The van der Waals surface area contributed by atoms with Gasteiger partial charge in [0.2, 0.25) is 0 Å². The van der Waals surface area contributed by atoms with E-state index in [0.29, 0.717) is 6.04 Å². The predicted octanol–water partition coefficient (Wildman–Crippen LogP) is 3.44. The third-order valence-electron chi connectivity index (χ3n) is 2.80. The number of hydrogen-bond acceptors (Lipinski definition) is 4. The van der Waals surface area contributed by atoms with E-state index in [4.69, 9.17) is 4.98 Å². The molecule has 0 aliphatic rings. The van der Waals surface area contributed by atoms with Crippen molar-refractivity contribution >= 4 is 16.5 Å². The van der Waals surface area contributed by atoms with Crippen LogP contribution in [0.15, 0.2) is 5.38 Å². The molecule has 17 heavy (non-hydrogen) atoms. The molecule has 1 heterocycles. The highest BCUT2D eigenvalue weighted by molar-refractivity contribution is 7.13. The molecule has 0 aliphatic carbocycles. The van der Waals surface area contributed by atoms with Gasteiger partial charge in [0.1, 0.15) is 0 Å². The van der Waals surface area contributed by atoms with E-state index < -0.39 is 0 Å². The summed E-state index contributed by atoms with van der Waals surface area (Å²) in [7, 11) is 0. The second-order valence-corrected chi connectivity index (χ2v) is 5.15. The van der Waals surface area contributed by atoms with Crippen LogP contribution >= 0.6 is 11.3 Å². The van der Waals surface area contributed by atoms with Crippen molar-refractivity contribution in [1.29, 1.82) is 0 Å². The van der Waals surface area contributed by atoms with Crippen molar-refractivity contribution < 1.29 is 0 Å². The molecule has 0 bridgehead atoms. The molecule has 1 aromatic rings. The van der Waals surface area contributed by atoms with Gasteiger partial charge in [-0.1, -0.05) is 13.8 Å². The maximum absolute atomic E-state index is 4.73. The number of anilines is 1. The fourth-order valence-electron chi connectivity index (χ4n) is 1.74. The van der Waals surface area contributed by atoms with E-state index >= 15 is 0 Å². The maximum atomic E-state index is 4.73. The van der Waals surface area contributed by atoms with Crippen molar-refractivity contribution in [3.63, 3.8) is 0 Å². The fourth-order valence-corrected chi connectivity index (χ4v) is 2.76. The molecule has 0 amide bonds. The molecule has 0 fully saturated rings. The summed E-state index contributed by atoms with van der Waals surface area (Å²) in [6.45, 7) is 12.0. The monoisotopic (exact) mass is 255 g/mol. The van der Waals surface area contributed by atoms with Crippen molar-refractivity contribution in [2.24, 2.45) is 0 Å². The van der Waals surface area contributed by atoms with Gasteiger partial charge >= 0.3 is 0 Å². The van der Waals surface area contributed by atoms with Crippen LogP contribution in [0.5, 0.6) is 0 Å². The zero-order valence-electron chi connectivity index (χ0n) is 11.5. The topological polar surface area (TPSA) is 28.2 Å². The smallest absolute Gasteiger partial charge is 0.185 e. The molecule has 1 N–H and O–H groups in total. The first-order chi connectivity index (χ1) is 8.22. The summed E-state index contributed by atoms with van der Waals surface area (Å²) in [5.41, 5.74) is 1.17. The van der Waals surface area contributed by atoms with Crippen molar-refractivity contribution in [3.8, 4) is 0 Å². The van der Waals surface area contributed by atoms with E-state index in [0.717, 1.165) is 31.2 Å². The molecular formula is C13H25N3S. The van der Waals surface area contributed by atoms with Crippen LogP contribution in [-0.4, -0.2) is 24.6 Å². The predicted molar refractivity (Wildman–Crippen MR) is 77.0 cm³/mol. The zero-order valence-corrected chi connectivity index (χ0v) is 12.3. The van der Waals surface area contributed by atoms with Gasteiger partial charge < -0.3 is 10.2 Å². The minimum Gasteiger partial charge on any atom is -0.348 e. The second-order valence-electron chi connectivity index (χ2n) is 4.31. The Balaban J connectivity index is 2.62. The van der Waals surface area contributed by atoms with Gasteiger partial charge in [-0.25, -0.2) is 4.98 Å². The van der Waals surface area contributed by atoms with Gasteiger partial charge in [-0.3, -0.25) is 0 Å². The Labute approximate surface area is 109 Å². The van der Waals surface area contributed by atoms with Gasteiger partial charge in [0.05, 0.1) is 5.69 Å². The van der Waals surface area contributed by atoms with Crippen molar-refractivity contribution in [1.82, 2.24) is 10.3 Å². The van der Waals surface area contributed by atoms with Crippen LogP contribution in [0.2, 0.25) is 0 Å². The van der Waals surface area contributed by atoms with Crippen molar-refractivity contribution in [2.75, 3.05) is 24.5 Å². The summed E-state index contributed by atoms with van der Waals surface area (Å²) in [5, 5.41) is 6.82. The molecule has 0 radical (unpaired) electrons. The molecule has 1 unspecified atom stereocenters. The molecule has 0 aliphatic heterocycles. The third kappa shape index (κ3) is 4.28. The van der Waals surface area contributed by atoms with Gasteiger partial charge in [-0.05, 0) is 33.2 Å². The lowest BCUT2D eigenvalue weighted by Crippen LogP contribution is -2.24. The van der Waals surface area contributed by atoms with Gasteiger partial charge in [-0.15, -0.1) is 11.3 Å². The Kier molecular flexibility index (Phi) is 6.52. The third-order valence-corrected chi connectivity index (χ3v) is 3.72. The van der Waals surface area contributed by atoms with Crippen LogP contribution in [0.1, 0.15) is 52.3 Å². The Bertz CT molecular complexity index is 311. The standard InChI is InChI=1S/C13H25N3S/c1-5-8-14-11(4)12-10-17-13(15-12)16(7-3)9-6-2/h10-11,14H,5-9H2,1-4H3. The number of nitrogens with one attached hydrogen (secondary N) is 1. The molecule has 0 aromatic carbocycles. The van der Waals surface area contributed by atoms with E-state index in [-0.39, 0.29) is 0 Å². The largest absolute Gasteiger partial charge is 0.348 e. The lowest BCUT2D eigenvalue weighted by Gasteiger charge is -2.18. The highest BCUT2D eigenvalue weighted by atomic mass is 32.1. The minimum absolute atomic E-state index is 0.361. The van der Waals surface area contributed by atoms with Gasteiger partial charge in [0.15, 0.2) is 5.13 Å². The Morgan fingerprint density at radius 3 is 2.71 bits per heavy atom. The Morgan fingerprint density at radius 2 is 2.12 bits per heavy atom. The fraction of sp³-hybridized carbons (Fsp3) is 0.769. The summed E-state index contributed by atoms with van der Waals surface area (Å²) in [6, 6.07) is 0.361. The summed E-state index contributed by atoms with van der Waals surface area (Å²) in [4.78, 5) is 7.08. The number of aromatic nitrogens is 1. The molecule has 1 aromatic heterocycles. The number of thiazole rings is 1. The van der Waals surface area contributed by atoms with Crippen LogP contribution in [0.25, 0.3) is 0 Å². The molecule has 1 rings (SSSR count). The van der Waals surface area contributed by atoms with Crippen LogP contribution in [0.4, 0.5) is 5.13 Å². The van der Waals surface area contributed by atoms with E-state index in [9.17, 15) is 0 Å². The molecular weight excluding hydrogens is 230 g/mol. The number of nitrogens with zero attached hydrogens (tertiary/aromatic N) is 2. The SMILES string of the molecule is CCCNC(C)c1csc(N(CC)CCC)n1. The Morgan fingerprint density at radius 1 is 1.35 bits per heavy atom. The van der Waals surface area contributed by atoms with E-state index in [1.54, 1.807) is 11.3 Å². The first-order valence-electron chi connectivity index (χ1n) is 6.66. The summed E-state index contributed by atoms with van der Waals surface area (Å²) >= 11 is 1.76. The summed E-state index contributed by atoms with van der Waals surface area (Å²) < 4.78 is 0. The molecule has 0 saturated heterocycles. The number of hydrogen-bond donors (Lipinski definition) is 1. The van der Waals surface area contributed by atoms with E-state index in [1.165, 1.54) is 12.1 Å². The van der Waals surface area contributed by atoms with Crippen molar-refractivity contribution in [3.05, 3.63) is 11.1 Å². The van der Waals surface area contributed by atoms with Crippen LogP contribution in [0.3, 0.4) is 0 Å². The highest BCUT2D eigenvalue weighted by Crippen LogP contribution is 2.24. The first-order valence-corrected chi connectivity index (χ1v) is 7.54. The normalized spacial score (nSPS) is 12.7. The summed E-state index contributed by atoms with van der Waals surface area (Å²) in [5.74, 6) is 0. The molecule has 4 heteroatoms. The second kappa shape index (κ2) is 7.67. The van der Waals surface area contributed by atoms with Crippen LogP contribution in [-0.2, 0) is 0 Å². The van der Waals surface area contributed by atoms with Gasteiger partial charge in [-0.2, -0.15) is 0 Å². The zero-order chi connectivity index (χ0) is 12.7. The molecule has 3 nitrogen and oxygen atoms in total. The highest BCUT2D eigenvalue weighted by Gasteiger charge is 2.12. The molecule has 0 spiro atoms. The molecule has 98 valence electrons. The lowest BCUT2D eigenvalue weighted by atomic mass is 10.2. The van der Waals surface area contributed by atoms with Crippen molar-refractivity contribution in [2.45, 2.75) is 46.6 Å². The first kappa shape index (κ1) is 14.5. The summed E-state index contributed by atoms with van der Waals surface area (Å²) in [6.07, 6.45) is 2.34. The average molecular weight is 255 g/mol. The Hall–Kier alpha value is -0.610. The van der Waals surface area contributed by atoms with Crippen LogP contribution < -0.4 is 10.2 Å². The number of rotatable bonds is 8. The van der Waals surface area contributed by atoms with E-state index in [2.05, 4.69) is 43.3 Å². The quantitative estimate of drug-likeness (QED) is 0.771. The lowest BCUT2D eigenvalue weighted by molar-refractivity contribution is 0.560. The van der Waals surface area contributed by atoms with E-state index in [1.807, 2.05) is 0 Å². The van der Waals surface area contributed by atoms with Gasteiger partial charge in [0.25, 0.3) is 0 Å². The minimum atomic E-state index is 0.361. The maximum Gasteiger partial charge on any atom is 0.185 e. The average Bonchev–Trinajstić information content (AvgIpc) is 2.82. The van der Waals surface area contributed by atoms with Crippen LogP contribution in [0, 0.1) is 0 Å². The van der Waals surface area contributed by atoms with Gasteiger partial charge in [0, 0.05) is 24.5 Å². The molecule has 0 saturated carbocycles.